The van der Waals surface area contributed by atoms with Crippen molar-refractivity contribution in [1.82, 2.24) is 0 Å². The highest BCUT2D eigenvalue weighted by molar-refractivity contribution is 5.87. The van der Waals surface area contributed by atoms with Gasteiger partial charge in [0.2, 0.25) is 0 Å². The summed E-state index contributed by atoms with van der Waals surface area (Å²) in [6.45, 7) is 3.55. The molecule has 0 N–H and O–H groups in total. The Morgan fingerprint density at radius 1 is 1.58 bits per heavy atom. The molecule has 66 valence electrons. The van der Waals surface area contributed by atoms with E-state index >= 15 is 0 Å². The van der Waals surface area contributed by atoms with Crippen molar-refractivity contribution in [3.63, 3.8) is 0 Å². The van der Waals surface area contributed by atoms with Crippen LogP contribution in [0.2, 0.25) is 0 Å². The number of carbonyl (C=O) groups is 2. The highest BCUT2D eigenvalue weighted by Crippen LogP contribution is 2.19. The summed E-state index contributed by atoms with van der Waals surface area (Å²) in [5.74, 6) is -0.946. The number of hydrogen-bond donors (Lipinski definition) is 0. The summed E-state index contributed by atoms with van der Waals surface area (Å²) in [5, 5.41) is 0. The average molecular weight is 168 g/mol. The third-order valence-corrected chi connectivity index (χ3v) is 1.93. The van der Waals surface area contributed by atoms with Gasteiger partial charge in [0.15, 0.2) is 0 Å². The minimum absolute atomic E-state index is 0.158. The number of ether oxygens (including phenoxy) is 1. The van der Waals surface area contributed by atoms with Gasteiger partial charge < -0.3 is 4.74 Å². The van der Waals surface area contributed by atoms with Crippen molar-refractivity contribution in [1.29, 1.82) is 0 Å². The largest absolute Gasteiger partial charge is 0.393 e. The third-order valence-electron chi connectivity index (χ3n) is 1.93. The van der Waals surface area contributed by atoms with Crippen LogP contribution < -0.4 is 0 Å². The van der Waals surface area contributed by atoms with Crippen molar-refractivity contribution >= 4 is 11.9 Å². The molecule has 0 radical (unpaired) electrons. The van der Waals surface area contributed by atoms with Crippen LogP contribution in [0.15, 0.2) is 12.7 Å². The monoisotopic (exact) mass is 168 g/mol. The Kier molecular flexibility index (Phi) is 3.02. The van der Waals surface area contributed by atoms with E-state index in [9.17, 15) is 9.59 Å². The van der Waals surface area contributed by atoms with E-state index in [0.717, 1.165) is 12.8 Å². The molecule has 0 aliphatic carbocycles. The number of allylic oxidation sites excluding steroid dienone is 1. The van der Waals surface area contributed by atoms with E-state index in [1.165, 1.54) is 0 Å². The minimum Gasteiger partial charge on any atom is -0.393 e. The molecule has 3 heteroatoms. The Bertz CT molecular complexity index is 208. The van der Waals surface area contributed by atoms with E-state index in [0.29, 0.717) is 12.8 Å². The molecule has 0 bridgehead atoms. The molecule has 1 fully saturated rings. The van der Waals surface area contributed by atoms with Crippen LogP contribution in [0.5, 0.6) is 0 Å². The zero-order valence-electron chi connectivity index (χ0n) is 6.91. The second kappa shape index (κ2) is 4.04. The predicted molar refractivity (Wildman–Crippen MR) is 43.3 cm³/mol. The molecule has 1 rings (SSSR count). The highest BCUT2D eigenvalue weighted by Gasteiger charge is 2.24. The highest BCUT2D eigenvalue weighted by atomic mass is 16.6. The lowest BCUT2D eigenvalue weighted by molar-refractivity contribution is -0.160. The van der Waals surface area contributed by atoms with Gasteiger partial charge in [0, 0.05) is 6.42 Å². The van der Waals surface area contributed by atoms with E-state index in [2.05, 4.69) is 11.3 Å². The lowest BCUT2D eigenvalue weighted by atomic mass is 10.00. The van der Waals surface area contributed by atoms with Crippen molar-refractivity contribution in [2.45, 2.75) is 25.7 Å². The number of rotatable bonds is 2. The fraction of sp³-hybridized carbons (Fsp3) is 0.556. The molecule has 1 aliphatic heterocycles. The predicted octanol–water partition coefficient (Wildman–Crippen LogP) is 1.43. The molecule has 1 heterocycles. The van der Waals surface area contributed by atoms with Crippen molar-refractivity contribution < 1.29 is 14.3 Å². The van der Waals surface area contributed by atoms with Gasteiger partial charge in [0.1, 0.15) is 0 Å². The Morgan fingerprint density at radius 2 is 2.33 bits per heavy atom. The van der Waals surface area contributed by atoms with Crippen LogP contribution in [0.25, 0.3) is 0 Å². The summed E-state index contributed by atoms with van der Waals surface area (Å²) in [4.78, 5) is 21.9. The van der Waals surface area contributed by atoms with Crippen molar-refractivity contribution in [2.24, 2.45) is 5.92 Å². The van der Waals surface area contributed by atoms with Gasteiger partial charge >= 0.3 is 11.9 Å². The number of esters is 2. The standard InChI is InChI=1S/C9H12O3/c1-2-4-7-5-3-6-8(10)12-9(7)11/h2,7H,1,3-6H2. The molecule has 0 amide bonds. The van der Waals surface area contributed by atoms with E-state index in [-0.39, 0.29) is 5.92 Å². The molecular formula is C9H12O3. The van der Waals surface area contributed by atoms with Gasteiger partial charge in [-0.05, 0) is 19.3 Å². The number of hydrogen-bond acceptors (Lipinski definition) is 3. The summed E-state index contributed by atoms with van der Waals surface area (Å²) < 4.78 is 4.55. The Labute approximate surface area is 71.4 Å². The molecule has 0 aromatic heterocycles. The van der Waals surface area contributed by atoms with Crippen LogP contribution in [-0.4, -0.2) is 11.9 Å². The normalized spacial score (nSPS) is 24.5. The van der Waals surface area contributed by atoms with E-state index in [1.54, 1.807) is 6.08 Å². The number of carbonyl (C=O) groups excluding carboxylic acids is 2. The summed E-state index contributed by atoms with van der Waals surface area (Å²) in [6, 6.07) is 0. The molecule has 0 spiro atoms. The summed E-state index contributed by atoms with van der Waals surface area (Å²) >= 11 is 0. The molecule has 0 saturated carbocycles. The molecule has 12 heavy (non-hydrogen) atoms. The quantitative estimate of drug-likeness (QED) is 0.356. The molecule has 1 atom stereocenters. The van der Waals surface area contributed by atoms with E-state index < -0.39 is 11.9 Å². The fourth-order valence-corrected chi connectivity index (χ4v) is 1.27. The molecule has 0 aromatic rings. The molecule has 1 aliphatic rings. The second-order valence-electron chi connectivity index (χ2n) is 2.91. The van der Waals surface area contributed by atoms with Crippen LogP contribution in [0, 0.1) is 5.92 Å². The van der Waals surface area contributed by atoms with Gasteiger partial charge in [-0.3, -0.25) is 9.59 Å². The maximum atomic E-state index is 11.1. The SMILES string of the molecule is C=CCC1CCCC(=O)OC1=O. The zero-order chi connectivity index (χ0) is 8.97. The average Bonchev–Trinajstić information content (AvgIpc) is 2.15. The van der Waals surface area contributed by atoms with Gasteiger partial charge in [0.25, 0.3) is 0 Å². The van der Waals surface area contributed by atoms with Crippen LogP contribution in [-0.2, 0) is 14.3 Å². The first-order valence-corrected chi connectivity index (χ1v) is 4.09. The van der Waals surface area contributed by atoms with Gasteiger partial charge in [-0.15, -0.1) is 6.58 Å². The molecule has 3 nitrogen and oxygen atoms in total. The van der Waals surface area contributed by atoms with Crippen molar-refractivity contribution in [3.8, 4) is 0 Å². The lowest BCUT2D eigenvalue weighted by Gasteiger charge is -2.06. The first kappa shape index (κ1) is 8.97. The van der Waals surface area contributed by atoms with Crippen LogP contribution in [0.1, 0.15) is 25.7 Å². The summed E-state index contributed by atoms with van der Waals surface area (Å²) in [6.07, 6.45) is 4.12. The van der Waals surface area contributed by atoms with Crippen LogP contribution in [0.4, 0.5) is 0 Å². The third kappa shape index (κ3) is 2.19. The fourth-order valence-electron chi connectivity index (χ4n) is 1.27. The minimum atomic E-state index is -0.397. The Morgan fingerprint density at radius 3 is 3.00 bits per heavy atom. The smallest absolute Gasteiger partial charge is 0.316 e. The molecular weight excluding hydrogens is 156 g/mol. The van der Waals surface area contributed by atoms with Gasteiger partial charge in [-0.1, -0.05) is 6.08 Å². The Balaban J connectivity index is 2.57. The van der Waals surface area contributed by atoms with Crippen molar-refractivity contribution in [2.75, 3.05) is 0 Å². The Hall–Kier alpha value is -1.12. The first-order valence-electron chi connectivity index (χ1n) is 4.09. The van der Waals surface area contributed by atoms with Crippen LogP contribution in [0.3, 0.4) is 0 Å². The maximum Gasteiger partial charge on any atom is 0.316 e. The van der Waals surface area contributed by atoms with Gasteiger partial charge in [-0.25, -0.2) is 0 Å². The van der Waals surface area contributed by atoms with Crippen molar-refractivity contribution in [3.05, 3.63) is 12.7 Å². The first-order chi connectivity index (χ1) is 5.74. The van der Waals surface area contributed by atoms with Crippen LogP contribution >= 0.6 is 0 Å². The number of cyclic esters (lactones) is 2. The second-order valence-corrected chi connectivity index (χ2v) is 2.91. The zero-order valence-corrected chi connectivity index (χ0v) is 6.91. The summed E-state index contributed by atoms with van der Waals surface area (Å²) in [5.41, 5.74) is 0. The molecule has 0 aromatic carbocycles. The molecule has 1 unspecified atom stereocenters. The van der Waals surface area contributed by atoms with E-state index in [1.807, 2.05) is 0 Å². The lowest BCUT2D eigenvalue weighted by Crippen LogP contribution is -2.16. The van der Waals surface area contributed by atoms with Gasteiger partial charge in [0.05, 0.1) is 5.92 Å². The topological polar surface area (TPSA) is 43.4 Å². The maximum absolute atomic E-state index is 11.1. The van der Waals surface area contributed by atoms with Gasteiger partial charge in [-0.2, -0.15) is 0 Å². The molecule has 1 saturated heterocycles. The summed E-state index contributed by atoms with van der Waals surface area (Å²) in [7, 11) is 0. The van der Waals surface area contributed by atoms with E-state index in [4.69, 9.17) is 0 Å².